The number of carbonyl (C=O) groups excluding carboxylic acids is 1. The van der Waals surface area contributed by atoms with Crippen LogP contribution in [0.25, 0.3) is 0 Å². The van der Waals surface area contributed by atoms with Crippen LogP contribution in [-0.4, -0.2) is 12.9 Å². The van der Waals surface area contributed by atoms with Gasteiger partial charge in [-0.2, -0.15) is 8.78 Å². The van der Waals surface area contributed by atoms with Gasteiger partial charge in [0.05, 0.1) is 5.57 Å². The van der Waals surface area contributed by atoms with Gasteiger partial charge < -0.3 is 4.74 Å². The number of hydrogen-bond acceptors (Lipinski definition) is 2. The van der Waals surface area contributed by atoms with E-state index >= 15 is 0 Å². The number of aldehydes is 1. The van der Waals surface area contributed by atoms with Crippen LogP contribution < -0.4 is 0 Å². The summed E-state index contributed by atoms with van der Waals surface area (Å²) >= 11 is 0. The van der Waals surface area contributed by atoms with Gasteiger partial charge in [0.15, 0.2) is 6.29 Å². The number of ether oxygens (including phenoxy) is 1. The average Bonchev–Trinajstić information content (AvgIpc) is 2.20. The Morgan fingerprint density at radius 2 is 1.71 bits per heavy atom. The van der Waals surface area contributed by atoms with E-state index in [-0.39, 0.29) is 11.3 Å². The minimum absolute atomic E-state index is 0.0506. The SMILES string of the molecule is C=C.C=C/C(C=O)=C(\C=C)OC(F)F. The van der Waals surface area contributed by atoms with Gasteiger partial charge in [-0.15, -0.1) is 13.2 Å². The summed E-state index contributed by atoms with van der Waals surface area (Å²) in [5.41, 5.74) is -0.0506. The van der Waals surface area contributed by atoms with Gasteiger partial charge in [0.2, 0.25) is 0 Å². The molecule has 0 unspecified atom stereocenters. The van der Waals surface area contributed by atoms with Crippen molar-refractivity contribution in [1.82, 2.24) is 0 Å². The summed E-state index contributed by atoms with van der Waals surface area (Å²) in [4.78, 5) is 10.2. The number of hydrogen-bond donors (Lipinski definition) is 0. The van der Waals surface area contributed by atoms with Crippen molar-refractivity contribution in [3.05, 3.63) is 49.8 Å². The minimum atomic E-state index is -2.96. The summed E-state index contributed by atoms with van der Waals surface area (Å²) in [6.07, 6.45) is 2.51. The highest BCUT2D eigenvalue weighted by Crippen LogP contribution is 2.11. The van der Waals surface area contributed by atoms with Crippen molar-refractivity contribution >= 4 is 6.29 Å². The fourth-order valence-corrected chi connectivity index (χ4v) is 0.537. The third-order valence-corrected chi connectivity index (χ3v) is 1.03. The molecule has 0 rings (SSSR count). The summed E-state index contributed by atoms with van der Waals surface area (Å²) in [6, 6.07) is 0. The molecule has 78 valence electrons. The number of alkyl halides is 2. The van der Waals surface area contributed by atoms with E-state index in [1.807, 2.05) is 0 Å². The average molecular weight is 202 g/mol. The van der Waals surface area contributed by atoms with E-state index in [9.17, 15) is 13.6 Å². The van der Waals surface area contributed by atoms with E-state index in [0.717, 1.165) is 12.2 Å². The molecule has 4 heteroatoms. The maximum Gasteiger partial charge on any atom is 0.387 e. The molecule has 0 spiro atoms. The smallest absolute Gasteiger partial charge is 0.387 e. The van der Waals surface area contributed by atoms with Gasteiger partial charge in [0.25, 0.3) is 0 Å². The molecule has 14 heavy (non-hydrogen) atoms. The molecule has 2 nitrogen and oxygen atoms in total. The van der Waals surface area contributed by atoms with Crippen molar-refractivity contribution in [3.63, 3.8) is 0 Å². The first-order valence-electron chi connectivity index (χ1n) is 3.54. The van der Waals surface area contributed by atoms with Crippen LogP contribution in [0.4, 0.5) is 8.78 Å². The molecule has 0 aliphatic rings. The molecule has 0 aliphatic heterocycles. The van der Waals surface area contributed by atoms with E-state index in [1.54, 1.807) is 0 Å². The Morgan fingerprint density at radius 1 is 1.21 bits per heavy atom. The van der Waals surface area contributed by atoms with Gasteiger partial charge in [-0.1, -0.05) is 19.2 Å². The molecule has 0 atom stereocenters. The van der Waals surface area contributed by atoms with Crippen LogP contribution in [0.1, 0.15) is 0 Å². The lowest BCUT2D eigenvalue weighted by Crippen LogP contribution is -2.00. The molecule has 0 saturated carbocycles. The van der Waals surface area contributed by atoms with Crippen LogP contribution in [0, 0.1) is 0 Å². The number of rotatable bonds is 5. The van der Waals surface area contributed by atoms with Crippen LogP contribution in [0.5, 0.6) is 0 Å². The summed E-state index contributed by atoms with van der Waals surface area (Å²) < 4.78 is 27.3. The lowest BCUT2D eigenvalue weighted by atomic mass is 10.2. The summed E-state index contributed by atoms with van der Waals surface area (Å²) in [5, 5.41) is 0. The van der Waals surface area contributed by atoms with E-state index < -0.39 is 6.61 Å². The van der Waals surface area contributed by atoms with Crippen molar-refractivity contribution in [1.29, 1.82) is 0 Å². The van der Waals surface area contributed by atoms with Crippen LogP contribution in [-0.2, 0) is 9.53 Å². The molecule has 0 radical (unpaired) electrons. The van der Waals surface area contributed by atoms with Crippen LogP contribution in [0.15, 0.2) is 49.8 Å². The molecule has 0 fully saturated rings. The maximum absolute atomic E-state index is 11.7. The predicted octanol–water partition coefficient (Wildman–Crippen LogP) is 2.85. The molecule has 0 amide bonds. The highest BCUT2D eigenvalue weighted by atomic mass is 19.3. The second-order valence-corrected chi connectivity index (χ2v) is 1.72. The largest absolute Gasteiger partial charge is 0.434 e. The zero-order chi connectivity index (χ0) is 11.6. The van der Waals surface area contributed by atoms with Crippen LogP contribution >= 0.6 is 0 Å². The zero-order valence-corrected chi connectivity index (χ0v) is 7.71. The highest BCUT2D eigenvalue weighted by molar-refractivity contribution is 5.78. The van der Waals surface area contributed by atoms with Gasteiger partial charge >= 0.3 is 6.61 Å². The Kier molecular flexibility index (Phi) is 9.91. The normalized spacial score (nSPS) is 10.5. The lowest BCUT2D eigenvalue weighted by Gasteiger charge is -2.05. The molecular formula is C10H12F2O2. The second kappa shape index (κ2) is 9.38. The summed E-state index contributed by atoms with van der Waals surface area (Å²) in [6.45, 7) is 9.49. The molecule has 0 aromatic carbocycles. The lowest BCUT2D eigenvalue weighted by molar-refractivity contribution is -0.106. The molecule has 0 aromatic rings. The topological polar surface area (TPSA) is 26.3 Å². The molecule has 0 heterocycles. The molecule has 0 N–H and O–H groups in total. The van der Waals surface area contributed by atoms with E-state index in [0.29, 0.717) is 6.29 Å². The summed E-state index contributed by atoms with van der Waals surface area (Å²) in [5.74, 6) is -0.269. The summed E-state index contributed by atoms with van der Waals surface area (Å²) in [7, 11) is 0. The Hall–Kier alpha value is -1.71. The molecule has 0 bridgehead atoms. The zero-order valence-electron chi connectivity index (χ0n) is 7.71. The van der Waals surface area contributed by atoms with Crippen molar-refractivity contribution in [2.75, 3.05) is 0 Å². The predicted molar refractivity (Wildman–Crippen MR) is 51.8 cm³/mol. The maximum atomic E-state index is 11.7. The fraction of sp³-hybridized carbons (Fsp3) is 0.100. The van der Waals surface area contributed by atoms with E-state index in [2.05, 4.69) is 31.1 Å². The first-order chi connectivity index (χ1) is 6.65. The third kappa shape index (κ3) is 5.88. The van der Waals surface area contributed by atoms with Gasteiger partial charge in [-0.05, 0) is 6.08 Å². The minimum Gasteiger partial charge on any atom is -0.434 e. The van der Waals surface area contributed by atoms with Crippen LogP contribution in [0.2, 0.25) is 0 Å². The Bertz CT molecular complexity index is 222. The number of allylic oxidation sites excluding steroid dienone is 3. The van der Waals surface area contributed by atoms with Crippen molar-refractivity contribution in [2.45, 2.75) is 6.61 Å². The van der Waals surface area contributed by atoms with E-state index in [4.69, 9.17) is 0 Å². The molecular weight excluding hydrogens is 190 g/mol. The quantitative estimate of drug-likeness (QED) is 0.225. The molecule has 0 saturated heterocycles. The third-order valence-electron chi connectivity index (χ3n) is 1.03. The highest BCUT2D eigenvalue weighted by Gasteiger charge is 2.07. The molecule has 0 aliphatic carbocycles. The fourth-order valence-electron chi connectivity index (χ4n) is 0.537. The first kappa shape index (κ1) is 14.8. The first-order valence-corrected chi connectivity index (χ1v) is 3.54. The Labute approximate surface area is 81.9 Å². The Morgan fingerprint density at radius 3 is 1.93 bits per heavy atom. The standard InChI is InChI=1S/C8H8F2O2.C2H4/c1-3-6(5-11)7(4-2)12-8(9)10;1-2/h3-5,8H,1-2H2;1-2H2/b7-6-;. The van der Waals surface area contributed by atoms with Crippen molar-refractivity contribution in [3.8, 4) is 0 Å². The van der Waals surface area contributed by atoms with Gasteiger partial charge in [-0.3, -0.25) is 4.79 Å². The van der Waals surface area contributed by atoms with Crippen molar-refractivity contribution < 1.29 is 18.3 Å². The number of halogens is 2. The van der Waals surface area contributed by atoms with Crippen molar-refractivity contribution in [2.24, 2.45) is 0 Å². The van der Waals surface area contributed by atoms with Gasteiger partial charge in [0.1, 0.15) is 5.76 Å². The Balaban J connectivity index is 0. The second-order valence-electron chi connectivity index (χ2n) is 1.72. The number of carbonyl (C=O) groups is 1. The van der Waals surface area contributed by atoms with Gasteiger partial charge in [0, 0.05) is 0 Å². The monoisotopic (exact) mass is 202 g/mol. The van der Waals surface area contributed by atoms with Crippen LogP contribution in [0.3, 0.4) is 0 Å². The van der Waals surface area contributed by atoms with Gasteiger partial charge in [-0.25, -0.2) is 0 Å². The van der Waals surface area contributed by atoms with E-state index in [1.165, 1.54) is 0 Å². The molecule has 0 aromatic heterocycles.